The number of nitrogens with two attached hydrogens (primary N) is 1. The molecule has 0 spiro atoms. The zero-order chi connectivity index (χ0) is 11.8. The van der Waals surface area contributed by atoms with Crippen LogP contribution in [0.2, 0.25) is 0 Å². The van der Waals surface area contributed by atoms with Crippen molar-refractivity contribution in [1.82, 2.24) is 5.32 Å². The van der Waals surface area contributed by atoms with E-state index in [1.807, 2.05) is 24.3 Å². The van der Waals surface area contributed by atoms with Crippen molar-refractivity contribution in [2.75, 3.05) is 25.9 Å². The molecule has 0 unspecified atom stereocenters. The van der Waals surface area contributed by atoms with Gasteiger partial charge in [0.15, 0.2) is 0 Å². The largest absolute Gasteiger partial charge is 0.469 e. The van der Waals surface area contributed by atoms with Gasteiger partial charge in [0, 0.05) is 12.2 Å². The third kappa shape index (κ3) is 4.79. The van der Waals surface area contributed by atoms with E-state index in [1.165, 1.54) is 12.7 Å². The Balaban J connectivity index is 2.11. The third-order valence-corrected chi connectivity index (χ3v) is 2.30. The fraction of sp³-hybridized carbons (Fsp3) is 0.417. The molecule has 0 aliphatic carbocycles. The number of hydrogen-bond acceptors (Lipinski definition) is 4. The molecule has 88 valence electrons. The molecule has 3 N–H and O–H groups in total. The SMILES string of the molecule is COC(=O)CCNCCc1ccc(N)cc1. The maximum Gasteiger partial charge on any atom is 0.306 e. The average molecular weight is 222 g/mol. The average Bonchev–Trinajstić information content (AvgIpc) is 2.31. The Labute approximate surface area is 95.8 Å². The predicted octanol–water partition coefficient (Wildman–Crippen LogP) is 0.964. The monoisotopic (exact) mass is 222 g/mol. The molecule has 0 amide bonds. The lowest BCUT2D eigenvalue weighted by molar-refractivity contribution is -0.140. The summed E-state index contributed by atoms with van der Waals surface area (Å²) >= 11 is 0. The third-order valence-electron chi connectivity index (χ3n) is 2.30. The molecule has 0 fully saturated rings. The van der Waals surface area contributed by atoms with Crippen LogP contribution in [-0.4, -0.2) is 26.2 Å². The van der Waals surface area contributed by atoms with E-state index in [-0.39, 0.29) is 5.97 Å². The van der Waals surface area contributed by atoms with Gasteiger partial charge in [-0.2, -0.15) is 0 Å². The number of methoxy groups -OCH3 is 1. The second-order valence-electron chi connectivity index (χ2n) is 3.57. The molecule has 0 heterocycles. The smallest absolute Gasteiger partial charge is 0.306 e. The second-order valence-corrected chi connectivity index (χ2v) is 3.57. The van der Waals surface area contributed by atoms with E-state index < -0.39 is 0 Å². The Morgan fingerprint density at radius 1 is 1.31 bits per heavy atom. The first-order chi connectivity index (χ1) is 7.72. The lowest BCUT2D eigenvalue weighted by atomic mass is 10.1. The zero-order valence-electron chi connectivity index (χ0n) is 9.53. The van der Waals surface area contributed by atoms with Crippen molar-refractivity contribution in [3.63, 3.8) is 0 Å². The van der Waals surface area contributed by atoms with Crippen molar-refractivity contribution >= 4 is 11.7 Å². The highest BCUT2D eigenvalue weighted by Crippen LogP contribution is 2.05. The summed E-state index contributed by atoms with van der Waals surface area (Å²) in [6.07, 6.45) is 1.35. The number of nitrogen functional groups attached to an aromatic ring is 1. The van der Waals surface area contributed by atoms with E-state index in [0.717, 1.165) is 18.7 Å². The van der Waals surface area contributed by atoms with Gasteiger partial charge in [0.2, 0.25) is 0 Å². The topological polar surface area (TPSA) is 64.3 Å². The minimum Gasteiger partial charge on any atom is -0.469 e. The van der Waals surface area contributed by atoms with Gasteiger partial charge in [0.05, 0.1) is 13.5 Å². The van der Waals surface area contributed by atoms with Gasteiger partial charge in [-0.1, -0.05) is 12.1 Å². The molecule has 1 aromatic rings. The maximum atomic E-state index is 10.8. The molecule has 16 heavy (non-hydrogen) atoms. The van der Waals surface area contributed by atoms with E-state index in [2.05, 4.69) is 10.1 Å². The van der Waals surface area contributed by atoms with E-state index in [0.29, 0.717) is 13.0 Å². The number of carbonyl (C=O) groups is 1. The van der Waals surface area contributed by atoms with Gasteiger partial charge >= 0.3 is 5.97 Å². The van der Waals surface area contributed by atoms with Gasteiger partial charge in [0.1, 0.15) is 0 Å². The van der Waals surface area contributed by atoms with Crippen molar-refractivity contribution < 1.29 is 9.53 Å². The van der Waals surface area contributed by atoms with Crippen LogP contribution in [0.15, 0.2) is 24.3 Å². The molecular weight excluding hydrogens is 204 g/mol. The Morgan fingerprint density at radius 2 is 2.00 bits per heavy atom. The second kappa shape index (κ2) is 6.85. The maximum absolute atomic E-state index is 10.8. The molecular formula is C12H18N2O2. The molecule has 0 aliphatic rings. The summed E-state index contributed by atoms with van der Waals surface area (Å²) in [7, 11) is 1.40. The molecule has 0 aliphatic heterocycles. The lowest BCUT2D eigenvalue weighted by Crippen LogP contribution is -2.21. The van der Waals surface area contributed by atoms with E-state index in [1.54, 1.807) is 0 Å². The summed E-state index contributed by atoms with van der Waals surface area (Å²) in [5.41, 5.74) is 7.60. The Bertz CT molecular complexity index is 322. The number of nitrogens with one attached hydrogen (secondary N) is 1. The number of carbonyl (C=O) groups excluding carboxylic acids is 1. The van der Waals surface area contributed by atoms with Gasteiger partial charge in [-0.05, 0) is 30.7 Å². The summed E-state index contributed by atoms with van der Waals surface area (Å²) in [6.45, 7) is 1.50. The highest BCUT2D eigenvalue weighted by Gasteiger charge is 1.98. The summed E-state index contributed by atoms with van der Waals surface area (Å²) in [4.78, 5) is 10.8. The summed E-state index contributed by atoms with van der Waals surface area (Å²) < 4.78 is 4.54. The van der Waals surface area contributed by atoms with Crippen molar-refractivity contribution in [2.45, 2.75) is 12.8 Å². The minimum atomic E-state index is -0.181. The van der Waals surface area contributed by atoms with Gasteiger partial charge < -0.3 is 15.8 Å². The summed E-state index contributed by atoms with van der Waals surface area (Å²) in [5.74, 6) is -0.181. The fourth-order valence-electron chi connectivity index (χ4n) is 1.33. The Morgan fingerprint density at radius 3 is 2.62 bits per heavy atom. The molecule has 0 radical (unpaired) electrons. The number of anilines is 1. The standard InChI is InChI=1S/C12H18N2O2/c1-16-12(15)7-9-14-8-6-10-2-4-11(13)5-3-10/h2-5,14H,6-9,13H2,1H3. The number of benzene rings is 1. The normalized spacial score (nSPS) is 10.1. The summed E-state index contributed by atoms with van der Waals surface area (Å²) in [6, 6.07) is 7.81. The van der Waals surface area contributed by atoms with Crippen LogP contribution in [0.4, 0.5) is 5.69 Å². The molecule has 4 nitrogen and oxygen atoms in total. The molecule has 0 atom stereocenters. The fourth-order valence-corrected chi connectivity index (χ4v) is 1.33. The molecule has 4 heteroatoms. The number of rotatable bonds is 6. The molecule has 1 aromatic carbocycles. The van der Waals surface area contributed by atoms with Crippen molar-refractivity contribution in [1.29, 1.82) is 0 Å². The number of hydrogen-bond donors (Lipinski definition) is 2. The first-order valence-corrected chi connectivity index (χ1v) is 5.34. The van der Waals surface area contributed by atoms with Crippen LogP contribution < -0.4 is 11.1 Å². The van der Waals surface area contributed by atoms with E-state index in [9.17, 15) is 4.79 Å². The lowest BCUT2D eigenvalue weighted by Gasteiger charge is -2.04. The van der Waals surface area contributed by atoms with Crippen molar-refractivity contribution in [3.05, 3.63) is 29.8 Å². The molecule has 0 saturated heterocycles. The molecule has 0 bridgehead atoms. The van der Waals surface area contributed by atoms with Crippen LogP contribution >= 0.6 is 0 Å². The van der Waals surface area contributed by atoms with Crippen LogP contribution in [-0.2, 0) is 16.0 Å². The highest BCUT2D eigenvalue weighted by atomic mass is 16.5. The highest BCUT2D eigenvalue weighted by molar-refractivity contribution is 5.69. The molecule has 0 aromatic heterocycles. The van der Waals surface area contributed by atoms with Crippen molar-refractivity contribution in [2.24, 2.45) is 0 Å². The molecule has 0 saturated carbocycles. The van der Waals surface area contributed by atoms with E-state index in [4.69, 9.17) is 5.73 Å². The van der Waals surface area contributed by atoms with Crippen LogP contribution in [0.3, 0.4) is 0 Å². The zero-order valence-corrected chi connectivity index (χ0v) is 9.53. The quantitative estimate of drug-likeness (QED) is 0.427. The minimum absolute atomic E-state index is 0.181. The van der Waals surface area contributed by atoms with Gasteiger partial charge in [-0.15, -0.1) is 0 Å². The van der Waals surface area contributed by atoms with E-state index >= 15 is 0 Å². The summed E-state index contributed by atoms with van der Waals surface area (Å²) in [5, 5.41) is 3.18. The molecule has 1 rings (SSSR count). The number of ether oxygens (including phenoxy) is 1. The van der Waals surface area contributed by atoms with Crippen molar-refractivity contribution in [3.8, 4) is 0 Å². The Hall–Kier alpha value is -1.55. The van der Waals surface area contributed by atoms with Gasteiger partial charge in [0.25, 0.3) is 0 Å². The predicted molar refractivity (Wildman–Crippen MR) is 64.1 cm³/mol. The van der Waals surface area contributed by atoms with Gasteiger partial charge in [-0.3, -0.25) is 4.79 Å². The van der Waals surface area contributed by atoms with Crippen LogP contribution in [0, 0.1) is 0 Å². The first-order valence-electron chi connectivity index (χ1n) is 5.34. The van der Waals surface area contributed by atoms with Crippen LogP contribution in [0.25, 0.3) is 0 Å². The van der Waals surface area contributed by atoms with Crippen LogP contribution in [0.5, 0.6) is 0 Å². The Kier molecular flexibility index (Phi) is 5.36. The van der Waals surface area contributed by atoms with Gasteiger partial charge in [-0.25, -0.2) is 0 Å². The number of esters is 1. The first kappa shape index (κ1) is 12.5. The van der Waals surface area contributed by atoms with Crippen LogP contribution in [0.1, 0.15) is 12.0 Å².